The van der Waals surface area contributed by atoms with Crippen LogP contribution >= 0.6 is 0 Å². The van der Waals surface area contributed by atoms with Crippen LogP contribution in [0.2, 0.25) is 0 Å². The van der Waals surface area contributed by atoms with Crippen molar-refractivity contribution in [3.63, 3.8) is 0 Å². The van der Waals surface area contributed by atoms with Gasteiger partial charge in [0.05, 0.1) is 12.7 Å². The van der Waals surface area contributed by atoms with Crippen molar-refractivity contribution in [1.29, 1.82) is 0 Å². The number of ether oxygens (including phenoxy) is 1. The second-order valence-corrected chi connectivity index (χ2v) is 8.81. The van der Waals surface area contributed by atoms with Crippen molar-refractivity contribution in [2.24, 2.45) is 0 Å². The van der Waals surface area contributed by atoms with Crippen LogP contribution < -0.4 is 20.3 Å². The molecule has 0 unspecified atom stereocenters. The summed E-state index contributed by atoms with van der Waals surface area (Å²) in [5.41, 5.74) is 5.43. The number of imide groups is 1. The number of carbonyl (C=O) groups is 2. The minimum absolute atomic E-state index is 0.389. The molecular formula is C28H28N4O3. The molecule has 178 valence electrons. The van der Waals surface area contributed by atoms with Crippen molar-refractivity contribution >= 4 is 28.8 Å². The van der Waals surface area contributed by atoms with Gasteiger partial charge >= 0.3 is 0 Å². The quantitative estimate of drug-likeness (QED) is 0.438. The molecule has 0 radical (unpaired) electrons. The van der Waals surface area contributed by atoms with E-state index in [-0.39, 0.29) is 5.91 Å². The molecule has 2 aliphatic rings. The van der Waals surface area contributed by atoms with E-state index in [0.717, 1.165) is 48.7 Å². The zero-order valence-electron chi connectivity index (χ0n) is 19.9. The number of hydrogen-bond donors (Lipinski definition) is 2. The number of likely N-dealkylation sites (N-methyl/N-ethyl adjacent to an activating group) is 1. The van der Waals surface area contributed by atoms with Gasteiger partial charge in [-0.1, -0.05) is 18.2 Å². The van der Waals surface area contributed by atoms with Gasteiger partial charge < -0.3 is 19.9 Å². The maximum Gasteiger partial charge on any atom is 0.260 e. The Morgan fingerprint density at radius 3 is 2.20 bits per heavy atom. The summed E-state index contributed by atoms with van der Waals surface area (Å²) in [7, 11) is 3.77. The van der Waals surface area contributed by atoms with Crippen LogP contribution in [0.15, 0.2) is 72.9 Å². The zero-order chi connectivity index (χ0) is 24.4. The average Bonchev–Trinajstić information content (AvgIpc) is 2.89. The standard InChI is InChI=1S/C28H28N4O3/c1-31-13-15-32(16-14-31)22-8-6-21(7-9-22)29-18-26-25-17-20(19-3-10-23(35-2)11-4-19)5-12-24(25)27(33)30-28(26)34/h3-12,17-18,29H,13-16H2,1-2H3,(H,30,33,34). The van der Waals surface area contributed by atoms with Crippen LogP contribution in [0.4, 0.5) is 11.4 Å². The number of fused-ring (bicyclic) bond motifs is 1. The number of hydrogen-bond acceptors (Lipinski definition) is 6. The number of benzene rings is 3. The Hall–Kier alpha value is -4.10. The maximum absolute atomic E-state index is 12.7. The van der Waals surface area contributed by atoms with Crippen molar-refractivity contribution in [2.75, 3.05) is 50.6 Å². The van der Waals surface area contributed by atoms with Gasteiger partial charge in [-0.3, -0.25) is 14.9 Å². The Morgan fingerprint density at radius 2 is 1.51 bits per heavy atom. The third-order valence-electron chi connectivity index (χ3n) is 6.57. The molecule has 2 N–H and O–H groups in total. The number of anilines is 2. The lowest BCUT2D eigenvalue weighted by atomic mass is 9.91. The summed E-state index contributed by atoms with van der Waals surface area (Å²) in [5, 5.41) is 5.67. The molecular weight excluding hydrogens is 440 g/mol. The van der Waals surface area contributed by atoms with Crippen LogP contribution in [-0.2, 0) is 4.79 Å². The molecule has 3 aromatic rings. The summed E-state index contributed by atoms with van der Waals surface area (Å²) in [6, 6.07) is 21.4. The molecule has 3 aromatic carbocycles. The van der Waals surface area contributed by atoms with Gasteiger partial charge in [0.25, 0.3) is 11.8 Å². The van der Waals surface area contributed by atoms with E-state index in [1.165, 1.54) is 5.69 Å². The van der Waals surface area contributed by atoms with E-state index in [1.54, 1.807) is 19.4 Å². The van der Waals surface area contributed by atoms with Gasteiger partial charge in [0.2, 0.25) is 0 Å². The Bertz CT molecular complexity index is 1270. The highest BCUT2D eigenvalue weighted by Crippen LogP contribution is 2.31. The number of piperazine rings is 1. The summed E-state index contributed by atoms with van der Waals surface area (Å²) in [6.45, 7) is 4.12. The first-order valence-corrected chi connectivity index (χ1v) is 11.7. The first-order chi connectivity index (χ1) is 17.0. The van der Waals surface area contributed by atoms with E-state index in [0.29, 0.717) is 16.7 Å². The molecule has 7 nitrogen and oxygen atoms in total. The lowest BCUT2D eigenvalue weighted by Crippen LogP contribution is -2.44. The molecule has 35 heavy (non-hydrogen) atoms. The van der Waals surface area contributed by atoms with Crippen molar-refractivity contribution in [2.45, 2.75) is 0 Å². The number of amides is 2. The molecule has 7 heteroatoms. The van der Waals surface area contributed by atoms with E-state index >= 15 is 0 Å². The summed E-state index contributed by atoms with van der Waals surface area (Å²) < 4.78 is 5.24. The molecule has 1 fully saturated rings. The van der Waals surface area contributed by atoms with Crippen LogP contribution in [0, 0.1) is 0 Å². The second kappa shape index (κ2) is 9.64. The van der Waals surface area contributed by atoms with Crippen LogP contribution in [0.5, 0.6) is 5.75 Å². The summed E-state index contributed by atoms with van der Waals surface area (Å²) in [5.74, 6) is -0.0411. The van der Waals surface area contributed by atoms with E-state index in [2.05, 4.69) is 39.6 Å². The largest absolute Gasteiger partial charge is 0.497 e. The third-order valence-corrected chi connectivity index (χ3v) is 6.57. The Balaban J connectivity index is 1.39. The summed E-state index contributed by atoms with van der Waals surface area (Å²) >= 11 is 0. The summed E-state index contributed by atoms with van der Waals surface area (Å²) in [6.07, 6.45) is 1.67. The van der Waals surface area contributed by atoms with Crippen LogP contribution in [0.3, 0.4) is 0 Å². The molecule has 0 aliphatic carbocycles. The average molecular weight is 469 g/mol. The summed E-state index contributed by atoms with van der Waals surface area (Å²) in [4.78, 5) is 29.9. The van der Waals surface area contributed by atoms with Crippen LogP contribution in [-0.4, -0.2) is 57.1 Å². The number of nitrogens with zero attached hydrogens (tertiary/aromatic N) is 2. The first-order valence-electron chi connectivity index (χ1n) is 11.7. The van der Waals surface area contributed by atoms with E-state index in [9.17, 15) is 9.59 Å². The van der Waals surface area contributed by atoms with Gasteiger partial charge in [0.1, 0.15) is 5.75 Å². The molecule has 0 saturated carbocycles. The topological polar surface area (TPSA) is 73.9 Å². The predicted molar refractivity (Wildman–Crippen MR) is 139 cm³/mol. The monoisotopic (exact) mass is 468 g/mol. The van der Waals surface area contributed by atoms with Crippen LogP contribution in [0.1, 0.15) is 15.9 Å². The van der Waals surface area contributed by atoms with Crippen molar-refractivity contribution in [3.8, 4) is 16.9 Å². The molecule has 2 heterocycles. The fourth-order valence-electron chi connectivity index (χ4n) is 4.42. The number of rotatable bonds is 5. The molecule has 0 atom stereocenters. The molecule has 0 aromatic heterocycles. The van der Waals surface area contributed by atoms with Gasteiger partial charge in [-0.25, -0.2) is 0 Å². The zero-order valence-corrected chi connectivity index (χ0v) is 19.9. The molecule has 0 bridgehead atoms. The minimum Gasteiger partial charge on any atom is -0.497 e. The van der Waals surface area contributed by atoms with Gasteiger partial charge in [-0.05, 0) is 66.7 Å². The first kappa shape index (κ1) is 22.7. The van der Waals surface area contributed by atoms with Gasteiger partial charge in [-0.15, -0.1) is 0 Å². The normalized spacial score (nSPS) is 17.2. The van der Waals surface area contributed by atoms with E-state index in [4.69, 9.17) is 4.74 Å². The molecule has 2 aliphatic heterocycles. The molecule has 0 spiro atoms. The highest BCUT2D eigenvalue weighted by atomic mass is 16.5. The van der Waals surface area contributed by atoms with Crippen molar-refractivity contribution < 1.29 is 14.3 Å². The molecule has 2 amide bonds. The van der Waals surface area contributed by atoms with Gasteiger partial charge in [0.15, 0.2) is 0 Å². The Kier molecular flexibility index (Phi) is 6.25. The third kappa shape index (κ3) is 4.76. The fraction of sp³-hybridized carbons (Fsp3) is 0.214. The minimum atomic E-state index is -0.420. The highest BCUT2D eigenvalue weighted by Gasteiger charge is 2.27. The smallest absolute Gasteiger partial charge is 0.260 e. The highest BCUT2D eigenvalue weighted by molar-refractivity contribution is 6.31. The fourth-order valence-corrected chi connectivity index (χ4v) is 4.42. The predicted octanol–water partition coefficient (Wildman–Crippen LogP) is 3.84. The lowest BCUT2D eigenvalue weighted by Gasteiger charge is -2.34. The van der Waals surface area contributed by atoms with Crippen molar-refractivity contribution in [3.05, 3.63) is 84.1 Å². The lowest BCUT2D eigenvalue weighted by molar-refractivity contribution is -0.114. The Morgan fingerprint density at radius 1 is 0.829 bits per heavy atom. The number of carbonyl (C=O) groups excluding carboxylic acids is 2. The SMILES string of the molecule is COc1ccc(-c2ccc3c(c2)C(=CNc2ccc(N4CCN(C)CC4)cc2)C(=O)NC3=O)cc1. The van der Waals surface area contributed by atoms with Crippen LogP contribution in [0.25, 0.3) is 16.7 Å². The van der Waals surface area contributed by atoms with Crippen molar-refractivity contribution in [1.82, 2.24) is 10.2 Å². The molecule has 1 saturated heterocycles. The number of nitrogens with one attached hydrogen (secondary N) is 2. The number of methoxy groups -OCH3 is 1. The molecule has 5 rings (SSSR count). The Labute approximate surface area is 205 Å². The second-order valence-electron chi connectivity index (χ2n) is 8.81. The van der Waals surface area contributed by atoms with E-state index < -0.39 is 5.91 Å². The van der Waals surface area contributed by atoms with E-state index in [1.807, 2.05) is 48.5 Å². The maximum atomic E-state index is 12.7. The van der Waals surface area contributed by atoms with Gasteiger partial charge in [0, 0.05) is 54.9 Å². The van der Waals surface area contributed by atoms with Gasteiger partial charge in [-0.2, -0.15) is 0 Å².